The predicted octanol–water partition coefficient (Wildman–Crippen LogP) is 4.31. The van der Waals surface area contributed by atoms with Crippen molar-refractivity contribution >= 4 is 34.7 Å². The minimum atomic E-state index is -0.619. The molecular formula is C12H13Cl2FN2. The van der Waals surface area contributed by atoms with Crippen LogP contribution in [-0.4, -0.2) is 5.84 Å². The Hall–Kier alpha value is -0.800. The van der Waals surface area contributed by atoms with Crippen LogP contribution in [0.3, 0.4) is 0 Å². The second-order valence-corrected chi connectivity index (χ2v) is 5.06. The van der Waals surface area contributed by atoms with E-state index in [1.54, 1.807) is 0 Å². The molecule has 0 unspecified atom stereocenters. The molecule has 17 heavy (non-hydrogen) atoms. The Balaban J connectivity index is 2.25. The smallest absolute Gasteiger partial charge is 0.160 e. The predicted molar refractivity (Wildman–Crippen MR) is 69.7 cm³/mol. The van der Waals surface area contributed by atoms with Gasteiger partial charge in [-0.05, 0) is 25.0 Å². The third kappa shape index (κ3) is 2.90. The van der Waals surface area contributed by atoms with Crippen LogP contribution in [0.4, 0.5) is 10.1 Å². The maximum Gasteiger partial charge on any atom is 0.160 e. The van der Waals surface area contributed by atoms with Gasteiger partial charge in [0.1, 0.15) is 5.84 Å². The van der Waals surface area contributed by atoms with Gasteiger partial charge in [0.15, 0.2) is 5.82 Å². The summed E-state index contributed by atoms with van der Waals surface area (Å²) in [5.41, 5.74) is 6.42. The second-order valence-electron chi connectivity index (χ2n) is 4.24. The third-order valence-electron chi connectivity index (χ3n) is 3.00. The molecule has 0 saturated heterocycles. The average molecular weight is 275 g/mol. The molecule has 0 radical (unpaired) electrons. The number of hydrogen-bond donors (Lipinski definition) is 1. The quantitative estimate of drug-likeness (QED) is 0.487. The monoisotopic (exact) mass is 274 g/mol. The number of nitrogens with zero attached hydrogens (tertiary/aromatic N) is 1. The summed E-state index contributed by atoms with van der Waals surface area (Å²) >= 11 is 11.4. The molecule has 0 spiro atoms. The van der Waals surface area contributed by atoms with E-state index in [1.807, 2.05) is 0 Å². The zero-order valence-corrected chi connectivity index (χ0v) is 10.7. The van der Waals surface area contributed by atoms with Crippen LogP contribution < -0.4 is 5.73 Å². The highest BCUT2D eigenvalue weighted by Gasteiger charge is 2.18. The van der Waals surface area contributed by atoms with Crippen LogP contribution in [0.1, 0.15) is 25.7 Å². The van der Waals surface area contributed by atoms with Gasteiger partial charge >= 0.3 is 0 Å². The Labute approximate surface area is 110 Å². The molecule has 1 aromatic carbocycles. The van der Waals surface area contributed by atoms with E-state index in [1.165, 1.54) is 25.0 Å². The van der Waals surface area contributed by atoms with Gasteiger partial charge in [-0.15, -0.1) is 0 Å². The molecule has 1 aliphatic carbocycles. The maximum atomic E-state index is 13.2. The zero-order valence-electron chi connectivity index (χ0n) is 9.22. The van der Waals surface area contributed by atoms with Gasteiger partial charge in [-0.2, -0.15) is 0 Å². The molecule has 2 rings (SSSR count). The van der Waals surface area contributed by atoms with Crippen molar-refractivity contribution < 1.29 is 4.39 Å². The lowest BCUT2D eigenvalue weighted by Crippen LogP contribution is -2.20. The zero-order chi connectivity index (χ0) is 12.4. The van der Waals surface area contributed by atoms with E-state index in [0.29, 0.717) is 17.4 Å². The highest BCUT2D eigenvalue weighted by atomic mass is 35.5. The first kappa shape index (κ1) is 12.7. The summed E-state index contributed by atoms with van der Waals surface area (Å²) < 4.78 is 13.2. The second kappa shape index (κ2) is 5.23. The Morgan fingerprint density at radius 3 is 2.29 bits per heavy atom. The van der Waals surface area contributed by atoms with Crippen LogP contribution in [0.2, 0.25) is 10.0 Å². The van der Waals surface area contributed by atoms with Gasteiger partial charge in [0.2, 0.25) is 0 Å². The topological polar surface area (TPSA) is 38.4 Å². The normalized spacial score (nSPS) is 17.7. The minimum absolute atomic E-state index is 0.0320. The Morgan fingerprint density at radius 1 is 1.24 bits per heavy atom. The number of amidine groups is 1. The lowest BCUT2D eigenvalue weighted by Gasteiger charge is -2.08. The van der Waals surface area contributed by atoms with Crippen LogP contribution in [0, 0.1) is 11.7 Å². The molecule has 0 aliphatic heterocycles. The van der Waals surface area contributed by atoms with Gasteiger partial charge in [-0.3, -0.25) is 0 Å². The summed E-state index contributed by atoms with van der Waals surface area (Å²) in [6.45, 7) is 0. The van der Waals surface area contributed by atoms with Crippen LogP contribution >= 0.6 is 23.2 Å². The Morgan fingerprint density at radius 2 is 1.76 bits per heavy atom. The van der Waals surface area contributed by atoms with E-state index in [4.69, 9.17) is 28.9 Å². The van der Waals surface area contributed by atoms with Crippen molar-refractivity contribution in [2.45, 2.75) is 25.7 Å². The van der Waals surface area contributed by atoms with Crippen molar-refractivity contribution in [2.75, 3.05) is 0 Å². The van der Waals surface area contributed by atoms with Crippen LogP contribution in [-0.2, 0) is 0 Å². The average Bonchev–Trinajstić information content (AvgIpc) is 2.79. The van der Waals surface area contributed by atoms with Gasteiger partial charge < -0.3 is 5.73 Å². The van der Waals surface area contributed by atoms with Gasteiger partial charge in [0, 0.05) is 5.92 Å². The van der Waals surface area contributed by atoms with E-state index in [0.717, 1.165) is 12.8 Å². The molecule has 1 fully saturated rings. The summed E-state index contributed by atoms with van der Waals surface area (Å²) in [4.78, 5) is 4.26. The molecule has 1 saturated carbocycles. The fourth-order valence-electron chi connectivity index (χ4n) is 2.07. The summed E-state index contributed by atoms with van der Waals surface area (Å²) in [5, 5.41) is -0.0639. The lowest BCUT2D eigenvalue weighted by atomic mass is 10.1. The largest absolute Gasteiger partial charge is 0.387 e. The Bertz CT molecular complexity index is 431. The molecule has 0 aromatic heterocycles. The molecular weight excluding hydrogens is 262 g/mol. The summed E-state index contributed by atoms with van der Waals surface area (Å²) in [6.07, 6.45) is 4.51. The number of halogens is 3. The molecule has 1 aliphatic rings. The van der Waals surface area contributed by atoms with Gasteiger partial charge in [-0.1, -0.05) is 36.0 Å². The maximum absolute atomic E-state index is 13.2. The number of nitrogens with two attached hydrogens (primary N) is 1. The molecule has 5 heteroatoms. The number of rotatable bonds is 2. The molecule has 2 nitrogen and oxygen atoms in total. The molecule has 92 valence electrons. The molecule has 0 heterocycles. The first-order valence-electron chi connectivity index (χ1n) is 5.56. The summed E-state index contributed by atoms with van der Waals surface area (Å²) in [7, 11) is 0. The van der Waals surface area contributed by atoms with Crippen molar-refractivity contribution in [3.8, 4) is 0 Å². The standard InChI is InChI=1S/C12H13Cl2FN2/c13-9-5-8(6-10(14)11(9)15)17-12(16)7-3-1-2-4-7/h5-7H,1-4H2,(H2,16,17). The van der Waals surface area contributed by atoms with E-state index >= 15 is 0 Å². The highest BCUT2D eigenvalue weighted by molar-refractivity contribution is 6.35. The van der Waals surface area contributed by atoms with E-state index < -0.39 is 5.82 Å². The number of benzene rings is 1. The van der Waals surface area contributed by atoms with Gasteiger partial charge in [0.25, 0.3) is 0 Å². The van der Waals surface area contributed by atoms with Crippen LogP contribution in [0.15, 0.2) is 17.1 Å². The van der Waals surface area contributed by atoms with E-state index in [9.17, 15) is 4.39 Å². The Kier molecular flexibility index (Phi) is 3.89. The SMILES string of the molecule is NC(=Nc1cc(Cl)c(F)c(Cl)c1)C1CCCC1. The molecule has 0 bridgehead atoms. The van der Waals surface area contributed by atoms with Crippen molar-refractivity contribution in [3.05, 3.63) is 28.0 Å². The van der Waals surface area contributed by atoms with Crippen LogP contribution in [0.25, 0.3) is 0 Å². The van der Waals surface area contributed by atoms with E-state index in [2.05, 4.69) is 4.99 Å². The van der Waals surface area contributed by atoms with Crippen molar-refractivity contribution in [1.82, 2.24) is 0 Å². The third-order valence-corrected chi connectivity index (χ3v) is 3.55. The lowest BCUT2D eigenvalue weighted by molar-refractivity contribution is 0.629. The number of hydrogen-bond acceptors (Lipinski definition) is 1. The highest BCUT2D eigenvalue weighted by Crippen LogP contribution is 2.30. The summed E-state index contributed by atoms with van der Waals surface area (Å²) in [5.74, 6) is 0.297. The fourth-order valence-corrected chi connectivity index (χ4v) is 2.54. The van der Waals surface area contributed by atoms with Crippen LogP contribution in [0.5, 0.6) is 0 Å². The molecule has 2 N–H and O–H groups in total. The first-order valence-corrected chi connectivity index (χ1v) is 6.32. The molecule has 1 aromatic rings. The summed E-state index contributed by atoms with van der Waals surface area (Å²) in [6, 6.07) is 2.87. The molecule has 0 amide bonds. The van der Waals surface area contributed by atoms with Gasteiger partial charge in [0.05, 0.1) is 15.7 Å². The van der Waals surface area contributed by atoms with Crippen molar-refractivity contribution in [3.63, 3.8) is 0 Å². The minimum Gasteiger partial charge on any atom is -0.387 e. The molecule has 0 atom stereocenters. The number of aliphatic imine (C=N–C) groups is 1. The van der Waals surface area contributed by atoms with Crippen molar-refractivity contribution in [1.29, 1.82) is 0 Å². The fraction of sp³-hybridized carbons (Fsp3) is 0.417. The van der Waals surface area contributed by atoms with Gasteiger partial charge in [-0.25, -0.2) is 9.38 Å². The van der Waals surface area contributed by atoms with Crippen molar-refractivity contribution in [2.24, 2.45) is 16.6 Å². The first-order chi connectivity index (χ1) is 8.08. The van der Waals surface area contributed by atoms with E-state index in [-0.39, 0.29) is 10.0 Å².